The highest BCUT2D eigenvalue weighted by atomic mass is 32.2. The number of benzene rings is 3. The van der Waals surface area contributed by atoms with Crippen molar-refractivity contribution in [3.8, 4) is 11.5 Å². The van der Waals surface area contributed by atoms with Crippen molar-refractivity contribution in [3.05, 3.63) is 94.9 Å². The Morgan fingerprint density at radius 1 is 0.972 bits per heavy atom. The molecule has 36 heavy (non-hydrogen) atoms. The Labute approximate surface area is 220 Å². The van der Waals surface area contributed by atoms with Gasteiger partial charge in [0.15, 0.2) is 6.61 Å². The molecule has 3 aromatic carbocycles. The van der Waals surface area contributed by atoms with Crippen LogP contribution < -0.4 is 14.8 Å². The van der Waals surface area contributed by atoms with Gasteiger partial charge in [-0.2, -0.15) is 0 Å². The lowest BCUT2D eigenvalue weighted by Gasteiger charge is -2.14. The summed E-state index contributed by atoms with van der Waals surface area (Å²) in [7, 11) is 0. The van der Waals surface area contributed by atoms with Crippen LogP contribution in [-0.2, 0) is 16.0 Å². The van der Waals surface area contributed by atoms with E-state index >= 15 is 0 Å². The second-order valence-corrected chi connectivity index (χ2v) is 9.61. The molecule has 184 valence electrons. The summed E-state index contributed by atoms with van der Waals surface area (Å²) >= 11 is 6.75. The molecule has 0 aliphatic carbocycles. The maximum absolute atomic E-state index is 12.9. The first kappa shape index (κ1) is 25.5. The molecule has 6 nitrogen and oxygen atoms in total. The van der Waals surface area contributed by atoms with Gasteiger partial charge in [-0.1, -0.05) is 66.4 Å². The van der Waals surface area contributed by atoms with E-state index in [2.05, 4.69) is 5.32 Å². The minimum Gasteiger partial charge on any atom is -0.494 e. The van der Waals surface area contributed by atoms with Gasteiger partial charge in [-0.05, 0) is 66.9 Å². The molecule has 1 N–H and O–H groups in total. The molecule has 1 fully saturated rings. The van der Waals surface area contributed by atoms with E-state index in [0.717, 1.165) is 17.7 Å². The summed E-state index contributed by atoms with van der Waals surface area (Å²) in [6.07, 6.45) is 2.57. The van der Waals surface area contributed by atoms with E-state index in [1.807, 2.05) is 55.5 Å². The first-order valence-corrected chi connectivity index (χ1v) is 12.8. The average Bonchev–Trinajstić information content (AvgIpc) is 3.16. The first-order chi connectivity index (χ1) is 17.5. The van der Waals surface area contributed by atoms with Crippen LogP contribution in [0, 0.1) is 0 Å². The lowest BCUT2D eigenvalue weighted by Crippen LogP contribution is -2.30. The molecular formula is C28H26N2O4S2. The van der Waals surface area contributed by atoms with Crippen LogP contribution in [-0.4, -0.2) is 40.8 Å². The molecule has 4 rings (SSSR count). The van der Waals surface area contributed by atoms with Crippen molar-refractivity contribution in [1.82, 2.24) is 4.90 Å². The largest absolute Gasteiger partial charge is 0.494 e. The number of thioether (sulfide) groups is 1. The second-order valence-electron chi connectivity index (χ2n) is 7.93. The van der Waals surface area contributed by atoms with E-state index in [1.54, 1.807) is 41.3 Å². The van der Waals surface area contributed by atoms with Gasteiger partial charge in [0.2, 0.25) is 0 Å². The van der Waals surface area contributed by atoms with Crippen molar-refractivity contribution in [2.24, 2.45) is 0 Å². The summed E-state index contributed by atoms with van der Waals surface area (Å²) in [5.41, 5.74) is 2.69. The average molecular weight is 519 g/mol. The Hall–Kier alpha value is -3.62. The Morgan fingerprint density at radius 2 is 1.64 bits per heavy atom. The quantitative estimate of drug-likeness (QED) is 0.281. The third kappa shape index (κ3) is 6.96. The fourth-order valence-corrected chi connectivity index (χ4v) is 4.85. The molecule has 0 unspecified atom stereocenters. The summed E-state index contributed by atoms with van der Waals surface area (Å²) in [6.45, 7) is 2.94. The fraction of sp³-hybridized carbons (Fsp3) is 0.179. The lowest BCUT2D eigenvalue weighted by atomic mass is 10.1. The molecule has 2 amide bonds. The van der Waals surface area contributed by atoms with Crippen LogP contribution in [0.15, 0.2) is 83.8 Å². The Bertz CT molecular complexity index is 1240. The van der Waals surface area contributed by atoms with Crippen molar-refractivity contribution in [2.45, 2.75) is 13.3 Å². The van der Waals surface area contributed by atoms with E-state index in [1.165, 1.54) is 17.3 Å². The van der Waals surface area contributed by atoms with Crippen molar-refractivity contribution >= 4 is 51.9 Å². The Kier molecular flexibility index (Phi) is 8.76. The number of anilines is 1. The van der Waals surface area contributed by atoms with E-state index in [9.17, 15) is 9.59 Å². The zero-order chi connectivity index (χ0) is 25.3. The summed E-state index contributed by atoms with van der Waals surface area (Å²) < 4.78 is 11.6. The number of nitrogens with zero attached hydrogens (tertiary/aromatic N) is 1. The monoisotopic (exact) mass is 518 g/mol. The zero-order valence-corrected chi connectivity index (χ0v) is 21.4. The summed E-state index contributed by atoms with van der Waals surface area (Å²) in [5, 5.41) is 2.79. The maximum Gasteiger partial charge on any atom is 0.266 e. The van der Waals surface area contributed by atoms with Crippen LogP contribution in [0.5, 0.6) is 11.5 Å². The van der Waals surface area contributed by atoms with Gasteiger partial charge in [0.25, 0.3) is 11.8 Å². The normalized spacial score (nSPS) is 14.2. The van der Waals surface area contributed by atoms with Crippen LogP contribution in [0.1, 0.15) is 18.1 Å². The van der Waals surface area contributed by atoms with E-state index in [0.29, 0.717) is 33.8 Å². The summed E-state index contributed by atoms with van der Waals surface area (Å²) in [6, 6.07) is 24.4. The van der Waals surface area contributed by atoms with Gasteiger partial charge in [-0.25, -0.2) is 0 Å². The number of thiocarbonyl (C=S) groups is 1. The topological polar surface area (TPSA) is 67.9 Å². The molecule has 0 saturated carbocycles. The highest BCUT2D eigenvalue weighted by Crippen LogP contribution is 2.33. The highest BCUT2D eigenvalue weighted by Gasteiger charge is 2.31. The Balaban J connectivity index is 1.28. The van der Waals surface area contributed by atoms with Crippen LogP contribution in [0.2, 0.25) is 0 Å². The molecule has 3 aromatic rings. The third-order valence-electron chi connectivity index (χ3n) is 5.34. The number of ether oxygens (including phenoxy) is 2. The van der Waals surface area contributed by atoms with Crippen molar-refractivity contribution < 1.29 is 19.1 Å². The van der Waals surface area contributed by atoms with Gasteiger partial charge >= 0.3 is 0 Å². The van der Waals surface area contributed by atoms with E-state index in [4.69, 9.17) is 21.7 Å². The number of nitrogens with one attached hydrogen (secondary N) is 1. The van der Waals surface area contributed by atoms with Crippen molar-refractivity contribution in [3.63, 3.8) is 0 Å². The summed E-state index contributed by atoms with van der Waals surface area (Å²) in [5.74, 6) is 0.972. The molecule has 0 radical (unpaired) electrons. The molecule has 1 heterocycles. The molecule has 8 heteroatoms. The molecule has 0 bridgehead atoms. The minimum atomic E-state index is -0.262. The number of hydrogen-bond donors (Lipinski definition) is 1. The first-order valence-electron chi connectivity index (χ1n) is 11.6. The molecule has 1 aliphatic rings. The van der Waals surface area contributed by atoms with Crippen molar-refractivity contribution in [2.75, 3.05) is 25.1 Å². The van der Waals surface area contributed by atoms with Crippen LogP contribution >= 0.6 is 24.0 Å². The molecule has 0 spiro atoms. The number of carbonyl (C=O) groups is 2. The second kappa shape index (κ2) is 12.4. The van der Waals surface area contributed by atoms with Crippen LogP contribution in [0.25, 0.3) is 6.08 Å². The number of amides is 2. The minimum absolute atomic E-state index is 0.0766. The zero-order valence-electron chi connectivity index (χ0n) is 19.8. The number of hydrogen-bond acceptors (Lipinski definition) is 6. The van der Waals surface area contributed by atoms with E-state index < -0.39 is 0 Å². The highest BCUT2D eigenvalue weighted by molar-refractivity contribution is 8.26. The van der Waals surface area contributed by atoms with Gasteiger partial charge in [0, 0.05) is 12.2 Å². The molecule has 0 aromatic heterocycles. The predicted octanol–water partition coefficient (Wildman–Crippen LogP) is 5.55. The predicted molar refractivity (Wildman–Crippen MR) is 148 cm³/mol. The van der Waals surface area contributed by atoms with Gasteiger partial charge in [0.1, 0.15) is 15.8 Å². The van der Waals surface area contributed by atoms with Crippen LogP contribution in [0.3, 0.4) is 0 Å². The SMILES string of the molecule is CCOc1ccc(NC(=O)COc2ccc(/C=C3\SC(=S)N(CCc4ccccc4)C3=O)cc2)cc1. The Morgan fingerprint density at radius 3 is 2.33 bits per heavy atom. The van der Waals surface area contributed by atoms with Gasteiger partial charge in [0.05, 0.1) is 11.5 Å². The third-order valence-corrected chi connectivity index (χ3v) is 6.72. The van der Waals surface area contributed by atoms with Gasteiger partial charge < -0.3 is 14.8 Å². The van der Waals surface area contributed by atoms with Crippen LogP contribution in [0.4, 0.5) is 5.69 Å². The molecule has 1 aliphatic heterocycles. The number of rotatable bonds is 10. The lowest BCUT2D eigenvalue weighted by molar-refractivity contribution is -0.122. The van der Waals surface area contributed by atoms with Gasteiger partial charge in [-0.15, -0.1) is 0 Å². The van der Waals surface area contributed by atoms with E-state index in [-0.39, 0.29) is 18.4 Å². The van der Waals surface area contributed by atoms with Gasteiger partial charge in [-0.3, -0.25) is 14.5 Å². The number of carbonyl (C=O) groups excluding carboxylic acids is 2. The maximum atomic E-state index is 12.9. The molecule has 1 saturated heterocycles. The van der Waals surface area contributed by atoms with Crippen molar-refractivity contribution in [1.29, 1.82) is 0 Å². The summed E-state index contributed by atoms with van der Waals surface area (Å²) in [4.78, 5) is 27.3. The standard InChI is InChI=1S/C28H26N2O4S2/c1-2-33-23-14-10-22(11-15-23)29-26(31)19-34-24-12-8-21(9-13-24)18-25-27(32)30(28(35)36-25)17-16-20-6-4-3-5-7-20/h3-15,18H,2,16-17,19H2,1H3,(H,29,31)/b25-18-. The smallest absolute Gasteiger partial charge is 0.266 e. The molecular weight excluding hydrogens is 492 g/mol. The molecule has 0 atom stereocenters. The fourth-order valence-electron chi connectivity index (χ4n) is 3.54.